The highest BCUT2D eigenvalue weighted by Gasteiger charge is 2.13. The molecule has 3 rings (SSSR count). The lowest BCUT2D eigenvalue weighted by atomic mass is 10.2. The van der Waals surface area contributed by atoms with Gasteiger partial charge in [-0.3, -0.25) is 9.48 Å². The van der Waals surface area contributed by atoms with E-state index in [1.165, 1.54) is 4.90 Å². The Bertz CT molecular complexity index is 821. The van der Waals surface area contributed by atoms with Crippen LogP contribution in [0.5, 0.6) is 0 Å². The third-order valence-corrected chi connectivity index (χ3v) is 3.89. The molecule has 0 aliphatic rings. The molecule has 4 nitrogen and oxygen atoms in total. The fraction of sp³-hybridized carbons (Fsp3) is 0.278. The molecule has 2 aromatic carbocycles. The lowest BCUT2D eigenvalue weighted by molar-refractivity contribution is -0.858. The number of nitrogens with zero attached hydrogens (tertiary/aromatic N) is 2. The molecule has 122 valence electrons. The number of hydrogen-bond acceptors (Lipinski definition) is 1. The summed E-state index contributed by atoms with van der Waals surface area (Å²) in [6.45, 7) is 1.77. The van der Waals surface area contributed by atoms with Crippen LogP contribution in [0, 0.1) is 0 Å². The predicted molar refractivity (Wildman–Crippen MR) is 89.8 cm³/mol. The number of fused-ring (bicyclic) bond motifs is 1. The lowest BCUT2D eigenvalue weighted by Crippen LogP contribution is -3.05. The van der Waals surface area contributed by atoms with Crippen molar-refractivity contribution in [3.8, 4) is 5.69 Å². The smallest absolute Gasteiger partial charge is 0.274 e. The van der Waals surface area contributed by atoms with Gasteiger partial charge < -0.3 is 17.3 Å². The van der Waals surface area contributed by atoms with Gasteiger partial charge in [0.1, 0.15) is 0 Å². The molecule has 0 saturated heterocycles. The summed E-state index contributed by atoms with van der Waals surface area (Å²) >= 11 is 0. The zero-order chi connectivity index (χ0) is 15.5. The zero-order valence-corrected chi connectivity index (χ0v) is 14.3. The van der Waals surface area contributed by atoms with Crippen LogP contribution >= 0.6 is 0 Å². The molecule has 23 heavy (non-hydrogen) atoms. The molecule has 0 aliphatic heterocycles. The molecule has 0 radical (unpaired) electrons. The minimum absolute atomic E-state index is 0. The first kappa shape index (κ1) is 17.3. The van der Waals surface area contributed by atoms with Crippen LogP contribution in [-0.4, -0.2) is 30.0 Å². The molecule has 0 saturated carbocycles. The van der Waals surface area contributed by atoms with Crippen molar-refractivity contribution in [3.05, 3.63) is 65.0 Å². The Hall–Kier alpha value is -2.04. The number of hydrogen-bond donors (Lipinski definition) is 1. The molecule has 1 heterocycles. The number of nitrogens with one attached hydrogen (secondary N) is 1. The Morgan fingerprint density at radius 1 is 0.957 bits per heavy atom. The van der Waals surface area contributed by atoms with E-state index >= 15 is 0 Å². The van der Waals surface area contributed by atoms with Crippen LogP contribution in [-0.2, 0) is 6.54 Å². The molecule has 0 fully saturated rings. The average molecular weight is 332 g/mol. The van der Waals surface area contributed by atoms with Crippen molar-refractivity contribution in [2.45, 2.75) is 13.0 Å². The Balaban J connectivity index is 0.00000192. The molecule has 0 bridgehead atoms. The minimum atomic E-state index is 0. The van der Waals surface area contributed by atoms with Crippen LogP contribution in [0.25, 0.3) is 16.6 Å². The summed E-state index contributed by atoms with van der Waals surface area (Å²) in [7, 11) is 4.27. The first-order chi connectivity index (χ1) is 10.7. The number of aromatic nitrogens is 2. The van der Waals surface area contributed by atoms with Crippen LogP contribution in [0.4, 0.5) is 0 Å². The van der Waals surface area contributed by atoms with Gasteiger partial charge in [0.05, 0.1) is 37.2 Å². The Labute approximate surface area is 142 Å². The number of halogens is 1. The largest absolute Gasteiger partial charge is 1.00 e. The zero-order valence-electron chi connectivity index (χ0n) is 13.5. The maximum Gasteiger partial charge on any atom is 0.274 e. The van der Waals surface area contributed by atoms with Crippen LogP contribution in [0.3, 0.4) is 0 Å². The molecule has 0 amide bonds. The highest BCUT2D eigenvalue weighted by molar-refractivity contribution is 5.80. The Morgan fingerprint density at radius 2 is 1.61 bits per heavy atom. The fourth-order valence-electron chi connectivity index (χ4n) is 2.83. The van der Waals surface area contributed by atoms with Gasteiger partial charge in [0, 0.05) is 13.0 Å². The van der Waals surface area contributed by atoms with E-state index in [1.54, 1.807) is 0 Å². The molecule has 0 unspecified atom stereocenters. The lowest BCUT2D eigenvalue weighted by Gasteiger charge is -2.13. The van der Waals surface area contributed by atoms with Crippen LogP contribution in [0.1, 0.15) is 6.42 Å². The Morgan fingerprint density at radius 3 is 2.30 bits per heavy atom. The van der Waals surface area contributed by atoms with E-state index in [4.69, 9.17) is 0 Å². The standard InChI is InChI=1S/C18H21N3O.ClH/c1-19(2)13-8-14-20-18(22)16-11-6-7-12-17(16)21(20)15-9-4-3-5-10-15;/h3-7,9-12H,8,13-14H2,1-2H3;1H. The van der Waals surface area contributed by atoms with Gasteiger partial charge in [-0.15, -0.1) is 0 Å². The van der Waals surface area contributed by atoms with Crippen LogP contribution in [0.2, 0.25) is 0 Å². The third-order valence-electron chi connectivity index (χ3n) is 3.89. The van der Waals surface area contributed by atoms with Crippen molar-refractivity contribution in [3.63, 3.8) is 0 Å². The van der Waals surface area contributed by atoms with E-state index in [-0.39, 0.29) is 18.0 Å². The van der Waals surface area contributed by atoms with E-state index in [1.807, 2.05) is 64.0 Å². The second kappa shape index (κ2) is 7.49. The molecule has 0 spiro atoms. The second-order valence-electron chi connectivity index (χ2n) is 5.90. The van der Waals surface area contributed by atoms with Gasteiger partial charge in [-0.2, -0.15) is 0 Å². The summed E-state index contributed by atoms with van der Waals surface area (Å²) in [5.74, 6) is 0. The quantitative estimate of drug-likeness (QED) is 0.596. The topological polar surface area (TPSA) is 31.4 Å². The van der Waals surface area contributed by atoms with E-state index in [9.17, 15) is 4.79 Å². The summed E-state index contributed by atoms with van der Waals surface area (Å²) in [5.41, 5.74) is 2.09. The van der Waals surface area contributed by atoms with Crippen molar-refractivity contribution in [2.24, 2.45) is 0 Å². The summed E-state index contributed by atoms with van der Waals surface area (Å²) in [6.07, 6.45) is 0.978. The van der Waals surface area contributed by atoms with E-state index in [0.717, 1.165) is 36.1 Å². The molecule has 0 aliphatic carbocycles. The molecule has 1 N–H and O–H groups in total. The molecule has 3 aromatic rings. The fourth-order valence-corrected chi connectivity index (χ4v) is 2.83. The van der Waals surface area contributed by atoms with Gasteiger partial charge in [0.25, 0.3) is 5.56 Å². The normalized spacial score (nSPS) is 10.9. The maximum atomic E-state index is 12.7. The number of rotatable bonds is 5. The van der Waals surface area contributed by atoms with Crippen molar-refractivity contribution in [1.82, 2.24) is 9.36 Å². The van der Waals surface area contributed by atoms with E-state index in [2.05, 4.69) is 14.1 Å². The summed E-state index contributed by atoms with van der Waals surface area (Å²) in [5, 5.41) is 0.781. The summed E-state index contributed by atoms with van der Waals surface area (Å²) in [4.78, 5) is 14.1. The van der Waals surface area contributed by atoms with Crippen LogP contribution < -0.4 is 22.9 Å². The number of benzene rings is 2. The molecular weight excluding hydrogens is 310 g/mol. The molecule has 1 aromatic heterocycles. The average Bonchev–Trinajstić information content (AvgIpc) is 2.81. The predicted octanol–water partition coefficient (Wildman–Crippen LogP) is -1.67. The monoisotopic (exact) mass is 331 g/mol. The van der Waals surface area contributed by atoms with E-state index in [0.29, 0.717) is 0 Å². The van der Waals surface area contributed by atoms with Crippen molar-refractivity contribution < 1.29 is 17.3 Å². The van der Waals surface area contributed by atoms with Gasteiger partial charge >= 0.3 is 0 Å². The molecule has 0 atom stereocenters. The SMILES string of the molecule is C[NH+](C)CCCn1c(=O)c2ccccc2n1-c1ccccc1.[Cl-]. The summed E-state index contributed by atoms with van der Waals surface area (Å²) < 4.78 is 3.91. The van der Waals surface area contributed by atoms with Crippen molar-refractivity contribution in [2.75, 3.05) is 20.6 Å². The first-order valence-corrected chi connectivity index (χ1v) is 7.73. The van der Waals surface area contributed by atoms with Crippen molar-refractivity contribution >= 4 is 10.9 Å². The van der Waals surface area contributed by atoms with E-state index < -0.39 is 0 Å². The summed E-state index contributed by atoms with van der Waals surface area (Å²) in [6, 6.07) is 17.9. The number of para-hydroxylation sites is 2. The van der Waals surface area contributed by atoms with Gasteiger partial charge in [-0.05, 0) is 24.3 Å². The third kappa shape index (κ3) is 3.49. The van der Waals surface area contributed by atoms with Gasteiger partial charge in [0.2, 0.25) is 0 Å². The molecule has 5 heteroatoms. The Kier molecular flexibility index (Phi) is 5.64. The van der Waals surface area contributed by atoms with Gasteiger partial charge in [-0.25, -0.2) is 4.68 Å². The molecular formula is C18H22ClN3O. The number of quaternary nitrogens is 1. The van der Waals surface area contributed by atoms with Gasteiger partial charge in [-0.1, -0.05) is 30.3 Å². The highest BCUT2D eigenvalue weighted by atomic mass is 35.5. The van der Waals surface area contributed by atoms with Gasteiger partial charge in [0.15, 0.2) is 0 Å². The second-order valence-corrected chi connectivity index (χ2v) is 5.90. The first-order valence-electron chi connectivity index (χ1n) is 7.73. The van der Waals surface area contributed by atoms with Crippen molar-refractivity contribution in [1.29, 1.82) is 0 Å². The van der Waals surface area contributed by atoms with Crippen LogP contribution in [0.15, 0.2) is 59.4 Å². The highest BCUT2D eigenvalue weighted by Crippen LogP contribution is 2.17. The minimum Gasteiger partial charge on any atom is -1.00 e. The maximum absolute atomic E-state index is 12.7.